The minimum absolute atomic E-state index is 0.163. The van der Waals surface area contributed by atoms with E-state index in [9.17, 15) is 4.79 Å². The van der Waals surface area contributed by atoms with Crippen LogP contribution in [-0.4, -0.2) is 10.6 Å². The van der Waals surface area contributed by atoms with E-state index in [2.05, 4.69) is 29.8 Å². The van der Waals surface area contributed by atoms with Gasteiger partial charge in [-0.2, -0.15) is 0 Å². The summed E-state index contributed by atoms with van der Waals surface area (Å²) in [5, 5.41) is 0. The van der Waals surface area contributed by atoms with Crippen molar-refractivity contribution in [1.82, 2.24) is 0 Å². The normalized spacial score (nSPS) is 46.8. The lowest BCUT2D eigenvalue weighted by Gasteiger charge is -2.22. The Balaban J connectivity index is 2.39. The Labute approximate surface area is 75.7 Å². The third-order valence-corrected chi connectivity index (χ3v) is 4.68. The number of fused-ring (bicyclic) bond motifs is 2. The van der Waals surface area contributed by atoms with Gasteiger partial charge in [0.15, 0.2) is 0 Å². The van der Waals surface area contributed by atoms with Crippen molar-refractivity contribution in [3.63, 3.8) is 0 Å². The summed E-state index contributed by atoms with van der Waals surface area (Å²) in [6, 6.07) is 0. The van der Waals surface area contributed by atoms with E-state index in [1.807, 2.05) is 0 Å². The fourth-order valence-corrected chi connectivity index (χ4v) is 4.04. The van der Waals surface area contributed by atoms with Gasteiger partial charge in [-0.1, -0.05) is 29.8 Å². The third-order valence-electron chi connectivity index (χ3n) is 3.59. The van der Waals surface area contributed by atoms with Gasteiger partial charge in [-0.15, -0.1) is 0 Å². The smallest absolute Gasteiger partial charge is 0.150 e. The fourth-order valence-electron chi connectivity index (χ4n) is 2.77. The molecule has 0 aromatic carbocycles. The van der Waals surface area contributed by atoms with Crippen molar-refractivity contribution >= 4 is 21.7 Å². The summed E-state index contributed by atoms with van der Waals surface area (Å²) in [6.45, 7) is 4.46. The Bertz CT molecular complexity index is 210. The molecule has 0 aromatic heterocycles. The summed E-state index contributed by atoms with van der Waals surface area (Å²) < 4.78 is 0. The molecule has 2 aliphatic carbocycles. The standard InChI is InChI=1S/C9H13BrO/c1-9(2)5-3-4-6(9)8(11)7(5)10/h5-7H,3-4H2,1-2H3. The lowest BCUT2D eigenvalue weighted by atomic mass is 9.82. The van der Waals surface area contributed by atoms with E-state index >= 15 is 0 Å². The first-order chi connectivity index (χ1) is 5.05. The maximum Gasteiger partial charge on any atom is 0.150 e. The van der Waals surface area contributed by atoms with Crippen molar-refractivity contribution in [2.45, 2.75) is 31.5 Å². The van der Waals surface area contributed by atoms with Crippen molar-refractivity contribution in [2.24, 2.45) is 17.3 Å². The van der Waals surface area contributed by atoms with Crippen LogP contribution < -0.4 is 0 Å². The molecule has 0 radical (unpaired) electrons. The number of hydrogen-bond donors (Lipinski definition) is 0. The van der Waals surface area contributed by atoms with E-state index in [0.717, 1.165) is 6.42 Å². The van der Waals surface area contributed by atoms with Gasteiger partial charge in [0, 0.05) is 5.92 Å². The van der Waals surface area contributed by atoms with Gasteiger partial charge < -0.3 is 0 Å². The largest absolute Gasteiger partial charge is 0.298 e. The topological polar surface area (TPSA) is 17.1 Å². The van der Waals surface area contributed by atoms with Crippen LogP contribution in [0.4, 0.5) is 0 Å². The summed E-state index contributed by atoms with van der Waals surface area (Å²) in [5.74, 6) is 1.39. The van der Waals surface area contributed by atoms with Crippen LogP contribution in [0.2, 0.25) is 0 Å². The fraction of sp³-hybridized carbons (Fsp3) is 0.889. The van der Waals surface area contributed by atoms with Crippen LogP contribution in [0, 0.1) is 17.3 Å². The van der Waals surface area contributed by atoms with Gasteiger partial charge in [0.25, 0.3) is 0 Å². The second-order valence-corrected chi connectivity index (χ2v) is 5.35. The third kappa shape index (κ3) is 0.793. The highest BCUT2D eigenvalue weighted by atomic mass is 79.9. The van der Waals surface area contributed by atoms with Crippen molar-refractivity contribution in [2.75, 3.05) is 0 Å². The molecule has 0 heterocycles. The van der Waals surface area contributed by atoms with Gasteiger partial charge in [0.2, 0.25) is 0 Å². The molecule has 2 rings (SSSR count). The molecule has 0 aromatic rings. The number of ketones is 1. The van der Waals surface area contributed by atoms with E-state index in [1.54, 1.807) is 0 Å². The zero-order chi connectivity index (χ0) is 8.22. The van der Waals surface area contributed by atoms with E-state index in [4.69, 9.17) is 0 Å². The zero-order valence-corrected chi connectivity index (χ0v) is 8.52. The molecule has 2 aliphatic rings. The first kappa shape index (κ1) is 7.78. The molecule has 3 atom stereocenters. The van der Waals surface area contributed by atoms with Crippen LogP contribution in [0.5, 0.6) is 0 Å². The van der Waals surface area contributed by atoms with Crippen LogP contribution >= 0.6 is 15.9 Å². The first-order valence-electron chi connectivity index (χ1n) is 4.23. The quantitative estimate of drug-likeness (QED) is 0.569. The predicted molar refractivity (Wildman–Crippen MR) is 47.7 cm³/mol. The van der Waals surface area contributed by atoms with Crippen molar-refractivity contribution in [3.05, 3.63) is 0 Å². The minimum Gasteiger partial charge on any atom is -0.298 e. The highest BCUT2D eigenvalue weighted by Crippen LogP contribution is 2.57. The molecule has 2 saturated carbocycles. The van der Waals surface area contributed by atoms with E-state index in [0.29, 0.717) is 17.6 Å². The van der Waals surface area contributed by atoms with Crippen LogP contribution in [0.15, 0.2) is 0 Å². The van der Waals surface area contributed by atoms with Crippen molar-refractivity contribution in [3.8, 4) is 0 Å². The molecule has 11 heavy (non-hydrogen) atoms. The van der Waals surface area contributed by atoms with Crippen molar-refractivity contribution in [1.29, 1.82) is 0 Å². The molecule has 0 amide bonds. The Morgan fingerprint density at radius 3 is 2.36 bits per heavy atom. The summed E-state index contributed by atoms with van der Waals surface area (Å²) in [4.78, 5) is 11.7. The number of alkyl halides is 1. The summed E-state index contributed by atoms with van der Waals surface area (Å²) in [6.07, 6.45) is 2.36. The van der Waals surface area contributed by atoms with Crippen molar-refractivity contribution < 1.29 is 4.79 Å². The molecule has 0 aliphatic heterocycles. The first-order valence-corrected chi connectivity index (χ1v) is 5.14. The Morgan fingerprint density at radius 2 is 2.09 bits per heavy atom. The second-order valence-electron chi connectivity index (χ2n) is 4.36. The minimum atomic E-state index is 0.163. The van der Waals surface area contributed by atoms with Gasteiger partial charge in [-0.3, -0.25) is 4.79 Å². The van der Waals surface area contributed by atoms with Gasteiger partial charge >= 0.3 is 0 Å². The summed E-state index contributed by atoms with van der Waals surface area (Å²) in [7, 11) is 0. The van der Waals surface area contributed by atoms with Gasteiger partial charge in [0.05, 0.1) is 4.83 Å². The van der Waals surface area contributed by atoms with Gasteiger partial charge in [-0.05, 0) is 24.2 Å². The summed E-state index contributed by atoms with van der Waals surface area (Å²) in [5.41, 5.74) is 0.269. The lowest BCUT2D eigenvalue weighted by molar-refractivity contribution is -0.121. The maximum absolute atomic E-state index is 11.5. The molecular formula is C9H13BrO. The molecule has 2 heteroatoms. The number of carbonyl (C=O) groups excluding carboxylic acids is 1. The summed E-state index contributed by atoms with van der Waals surface area (Å²) >= 11 is 3.49. The Morgan fingerprint density at radius 1 is 1.45 bits per heavy atom. The molecule has 0 spiro atoms. The zero-order valence-electron chi connectivity index (χ0n) is 6.93. The molecule has 2 bridgehead atoms. The molecule has 0 saturated heterocycles. The molecular weight excluding hydrogens is 204 g/mol. The van der Waals surface area contributed by atoms with Crippen LogP contribution in [0.1, 0.15) is 26.7 Å². The Hall–Kier alpha value is 0.150. The SMILES string of the molecule is CC1(C)C2CCC1C(Br)C2=O. The molecule has 62 valence electrons. The number of hydrogen-bond acceptors (Lipinski definition) is 1. The van der Waals surface area contributed by atoms with E-state index in [1.165, 1.54) is 6.42 Å². The van der Waals surface area contributed by atoms with E-state index in [-0.39, 0.29) is 10.2 Å². The number of halogens is 1. The lowest BCUT2D eigenvalue weighted by Crippen LogP contribution is -2.21. The van der Waals surface area contributed by atoms with Gasteiger partial charge in [-0.25, -0.2) is 0 Å². The molecule has 3 unspecified atom stereocenters. The highest BCUT2D eigenvalue weighted by Gasteiger charge is 2.57. The maximum atomic E-state index is 11.5. The average molecular weight is 217 g/mol. The van der Waals surface area contributed by atoms with Gasteiger partial charge in [0.1, 0.15) is 5.78 Å². The van der Waals surface area contributed by atoms with Crippen LogP contribution in [0.25, 0.3) is 0 Å². The number of Topliss-reactive ketones (excluding diaryl/α,β-unsaturated/α-hetero) is 1. The number of carbonyl (C=O) groups is 1. The second kappa shape index (κ2) is 2.09. The predicted octanol–water partition coefficient (Wildman–Crippen LogP) is 2.39. The average Bonchev–Trinajstić information content (AvgIpc) is 2.27. The molecule has 0 N–H and O–H groups in total. The number of rotatable bonds is 0. The molecule has 1 nitrogen and oxygen atoms in total. The van der Waals surface area contributed by atoms with E-state index < -0.39 is 0 Å². The van der Waals surface area contributed by atoms with Crippen LogP contribution in [-0.2, 0) is 4.79 Å². The van der Waals surface area contributed by atoms with Crippen LogP contribution in [0.3, 0.4) is 0 Å². The Kier molecular flexibility index (Phi) is 1.48. The monoisotopic (exact) mass is 216 g/mol. The highest BCUT2D eigenvalue weighted by molar-refractivity contribution is 9.10. The molecule has 2 fully saturated rings.